The molecule has 4 aliphatic rings. The van der Waals surface area contributed by atoms with E-state index < -0.39 is 0 Å². The maximum Gasteiger partial charge on any atom is 0.319 e. The fourth-order valence-corrected chi connectivity index (χ4v) is 5.55. The highest BCUT2D eigenvalue weighted by atomic mass is 16.5. The summed E-state index contributed by atoms with van der Waals surface area (Å²) in [5.41, 5.74) is 4.16. The van der Waals surface area contributed by atoms with Gasteiger partial charge < -0.3 is 25.6 Å². The number of aromatic nitrogens is 2. The molecule has 3 fully saturated rings. The van der Waals surface area contributed by atoms with Gasteiger partial charge in [-0.1, -0.05) is 0 Å². The summed E-state index contributed by atoms with van der Waals surface area (Å²) < 4.78 is 5.72. The second kappa shape index (κ2) is 10.3. The van der Waals surface area contributed by atoms with Gasteiger partial charge in [0.25, 0.3) is 0 Å². The first-order chi connectivity index (χ1) is 17.6. The first kappa shape index (κ1) is 23.6. The molecular formula is C27H37N7O2. The molecule has 0 bridgehead atoms. The van der Waals surface area contributed by atoms with Crippen LogP contribution in [-0.4, -0.2) is 72.4 Å². The van der Waals surface area contributed by atoms with Gasteiger partial charge in [0, 0.05) is 49.0 Å². The van der Waals surface area contributed by atoms with E-state index in [1.54, 1.807) is 0 Å². The fraction of sp³-hybridized carbons (Fsp3) is 0.593. The lowest BCUT2D eigenvalue weighted by Gasteiger charge is -2.35. The molecule has 4 heterocycles. The molecule has 36 heavy (non-hydrogen) atoms. The van der Waals surface area contributed by atoms with Crippen molar-refractivity contribution in [3.05, 3.63) is 35.5 Å². The molecule has 9 nitrogen and oxygen atoms in total. The standard InChI is InChI=1S/C27H37N7O2/c1-18-17-36-13-12-34(18)26-23-15-33(14-19-8-10-28-11-9-19)16-24(23)31-25(32-26)20-2-4-21(5-3-20)29-27(35)30-22-6-7-22/h2-5,18-19,22,28H,6-17H2,1H3,(H2,29,30,35)/t18-/m0/s1. The smallest absolute Gasteiger partial charge is 0.319 e. The van der Waals surface area contributed by atoms with Crippen molar-refractivity contribution in [1.29, 1.82) is 0 Å². The van der Waals surface area contributed by atoms with E-state index in [0.717, 1.165) is 99.8 Å². The monoisotopic (exact) mass is 491 g/mol. The molecule has 2 amide bonds. The molecule has 3 N–H and O–H groups in total. The number of carbonyl (C=O) groups excluding carboxylic acids is 1. The maximum absolute atomic E-state index is 12.1. The van der Waals surface area contributed by atoms with Gasteiger partial charge in [0.2, 0.25) is 0 Å². The van der Waals surface area contributed by atoms with Gasteiger partial charge in [-0.05, 0) is 75.9 Å². The van der Waals surface area contributed by atoms with Crippen LogP contribution < -0.4 is 20.9 Å². The van der Waals surface area contributed by atoms with E-state index in [9.17, 15) is 4.79 Å². The number of morpholine rings is 1. The molecule has 2 aromatic rings. The van der Waals surface area contributed by atoms with Gasteiger partial charge in [-0.2, -0.15) is 0 Å². The molecule has 3 aliphatic heterocycles. The van der Waals surface area contributed by atoms with Crippen molar-refractivity contribution in [3.8, 4) is 11.4 Å². The topological polar surface area (TPSA) is 94.6 Å². The second-order valence-electron chi connectivity index (χ2n) is 10.7. The number of benzene rings is 1. The number of carbonyl (C=O) groups is 1. The normalized spacial score (nSPS) is 22.9. The van der Waals surface area contributed by atoms with E-state index in [1.807, 2.05) is 24.3 Å². The van der Waals surface area contributed by atoms with Crippen molar-refractivity contribution in [2.75, 3.05) is 49.6 Å². The minimum Gasteiger partial charge on any atom is -0.377 e. The lowest BCUT2D eigenvalue weighted by atomic mass is 9.98. The number of hydrogen-bond donors (Lipinski definition) is 3. The van der Waals surface area contributed by atoms with Crippen LogP contribution in [0, 0.1) is 5.92 Å². The number of amides is 2. The van der Waals surface area contributed by atoms with Crippen molar-refractivity contribution in [1.82, 2.24) is 25.5 Å². The summed E-state index contributed by atoms with van der Waals surface area (Å²) in [4.78, 5) is 27.3. The third-order valence-corrected chi connectivity index (χ3v) is 7.75. The maximum atomic E-state index is 12.1. The van der Waals surface area contributed by atoms with E-state index in [2.05, 4.69) is 32.7 Å². The highest BCUT2D eigenvalue weighted by molar-refractivity contribution is 5.89. The number of nitrogens with zero attached hydrogens (tertiary/aromatic N) is 4. The summed E-state index contributed by atoms with van der Waals surface area (Å²) in [5, 5.41) is 9.36. The largest absolute Gasteiger partial charge is 0.377 e. The molecule has 9 heteroatoms. The third kappa shape index (κ3) is 5.33. The highest BCUT2D eigenvalue weighted by Crippen LogP contribution is 2.34. The van der Waals surface area contributed by atoms with Crippen molar-refractivity contribution < 1.29 is 9.53 Å². The molecule has 1 aromatic carbocycles. The Hall–Kier alpha value is -2.75. The number of anilines is 2. The Morgan fingerprint density at radius 3 is 2.67 bits per heavy atom. The van der Waals surface area contributed by atoms with Crippen molar-refractivity contribution >= 4 is 17.5 Å². The van der Waals surface area contributed by atoms with Crippen molar-refractivity contribution in [2.45, 2.75) is 57.8 Å². The van der Waals surface area contributed by atoms with Gasteiger partial charge in [-0.3, -0.25) is 4.90 Å². The van der Waals surface area contributed by atoms with Gasteiger partial charge in [0.15, 0.2) is 5.82 Å². The summed E-state index contributed by atoms with van der Waals surface area (Å²) in [6, 6.07) is 8.33. The molecule has 1 aliphatic carbocycles. The van der Waals surface area contributed by atoms with Gasteiger partial charge in [-0.15, -0.1) is 0 Å². The lowest BCUT2D eigenvalue weighted by Crippen LogP contribution is -2.44. The Bertz CT molecular complexity index is 1080. The summed E-state index contributed by atoms with van der Waals surface area (Å²) in [7, 11) is 0. The number of rotatable bonds is 6. The van der Waals surface area contributed by atoms with Crippen LogP contribution in [0.25, 0.3) is 11.4 Å². The molecule has 1 aromatic heterocycles. The fourth-order valence-electron chi connectivity index (χ4n) is 5.55. The van der Waals surface area contributed by atoms with Gasteiger partial charge in [-0.25, -0.2) is 14.8 Å². The number of fused-ring (bicyclic) bond motifs is 1. The Kier molecular flexibility index (Phi) is 6.77. The van der Waals surface area contributed by atoms with E-state index in [4.69, 9.17) is 14.7 Å². The predicted molar refractivity (Wildman–Crippen MR) is 140 cm³/mol. The number of ether oxygens (including phenoxy) is 1. The highest BCUT2D eigenvalue weighted by Gasteiger charge is 2.32. The zero-order valence-electron chi connectivity index (χ0n) is 21.1. The Labute approximate surface area is 213 Å². The summed E-state index contributed by atoms with van der Waals surface area (Å²) in [6.07, 6.45) is 4.63. The van der Waals surface area contributed by atoms with E-state index in [-0.39, 0.29) is 12.1 Å². The zero-order chi connectivity index (χ0) is 24.5. The number of urea groups is 1. The molecular weight excluding hydrogens is 454 g/mol. The first-order valence-electron chi connectivity index (χ1n) is 13.5. The number of hydrogen-bond acceptors (Lipinski definition) is 7. The molecule has 0 spiro atoms. The van der Waals surface area contributed by atoms with Crippen LogP contribution in [0.1, 0.15) is 43.9 Å². The Morgan fingerprint density at radius 1 is 1.11 bits per heavy atom. The van der Waals surface area contributed by atoms with Crippen LogP contribution in [0.2, 0.25) is 0 Å². The average Bonchev–Trinajstić information content (AvgIpc) is 3.61. The molecule has 2 saturated heterocycles. The summed E-state index contributed by atoms with van der Waals surface area (Å²) >= 11 is 0. The molecule has 0 radical (unpaired) electrons. The molecule has 6 rings (SSSR count). The minimum absolute atomic E-state index is 0.142. The first-order valence-corrected chi connectivity index (χ1v) is 13.5. The molecule has 1 saturated carbocycles. The lowest BCUT2D eigenvalue weighted by molar-refractivity contribution is 0.0984. The van der Waals surface area contributed by atoms with E-state index in [1.165, 1.54) is 18.4 Å². The quantitative estimate of drug-likeness (QED) is 0.572. The molecule has 192 valence electrons. The van der Waals surface area contributed by atoms with Crippen LogP contribution in [0.15, 0.2) is 24.3 Å². The van der Waals surface area contributed by atoms with Gasteiger partial charge >= 0.3 is 6.03 Å². The van der Waals surface area contributed by atoms with E-state index >= 15 is 0 Å². The third-order valence-electron chi connectivity index (χ3n) is 7.75. The SMILES string of the molecule is C[C@H]1COCCN1c1nc(-c2ccc(NC(=O)NC3CC3)cc2)nc2c1CN(CC1CCNCC1)C2. The summed E-state index contributed by atoms with van der Waals surface area (Å²) in [5.74, 6) is 2.56. The number of piperidine rings is 1. The second-order valence-corrected chi connectivity index (χ2v) is 10.7. The van der Waals surface area contributed by atoms with Crippen LogP contribution >= 0.6 is 0 Å². The van der Waals surface area contributed by atoms with Gasteiger partial charge in [0.05, 0.1) is 24.9 Å². The Morgan fingerprint density at radius 2 is 1.92 bits per heavy atom. The summed E-state index contributed by atoms with van der Waals surface area (Å²) in [6.45, 7) is 9.66. The molecule has 1 atom stereocenters. The van der Waals surface area contributed by atoms with E-state index in [0.29, 0.717) is 6.04 Å². The van der Waals surface area contributed by atoms with Gasteiger partial charge in [0.1, 0.15) is 5.82 Å². The number of nitrogens with one attached hydrogen (secondary N) is 3. The zero-order valence-corrected chi connectivity index (χ0v) is 21.1. The minimum atomic E-state index is -0.142. The Balaban J connectivity index is 1.24. The van der Waals surface area contributed by atoms with Crippen LogP contribution in [-0.2, 0) is 17.8 Å². The molecule has 0 unspecified atom stereocenters. The van der Waals surface area contributed by atoms with Crippen LogP contribution in [0.4, 0.5) is 16.3 Å². The van der Waals surface area contributed by atoms with Crippen LogP contribution in [0.5, 0.6) is 0 Å². The van der Waals surface area contributed by atoms with Crippen molar-refractivity contribution in [3.63, 3.8) is 0 Å². The predicted octanol–water partition coefficient (Wildman–Crippen LogP) is 2.97. The van der Waals surface area contributed by atoms with Crippen LogP contribution in [0.3, 0.4) is 0 Å². The average molecular weight is 492 g/mol. The van der Waals surface area contributed by atoms with Crippen molar-refractivity contribution in [2.24, 2.45) is 5.92 Å².